The number of ether oxygens (including phenoxy) is 2. The summed E-state index contributed by atoms with van der Waals surface area (Å²) in [5.41, 5.74) is 3.84. The summed E-state index contributed by atoms with van der Waals surface area (Å²) in [4.78, 5) is 24.0. The molecular weight excluding hydrogens is 362 g/mol. The number of hydrogen-bond donors (Lipinski definition) is 3. The van der Waals surface area contributed by atoms with E-state index in [9.17, 15) is 14.7 Å². The van der Waals surface area contributed by atoms with E-state index in [0.29, 0.717) is 11.3 Å². The molecule has 8 nitrogen and oxygen atoms in total. The molecule has 0 heterocycles. The van der Waals surface area contributed by atoms with Crippen LogP contribution in [0.4, 0.5) is 4.79 Å². The van der Waals surface area contributed by atoms with E-state index in [0.717, 1.165) is 5.56 Å². The van der Waals surface area contributed by atoms with Crippen LogP contribution in [0.1, 0.15) is 30.5 Å². The van der Waals surface area contributed by atoms with Gasteiger partial charge >= 0.3 is 6.09 Å². The molecule has 2 amide bonds. The van der Waals surface area contributed by atoms with Gasteiger partial charge in [-0.3, -0.25) is 4.79 Å². The van der Waals surface area contributed by atoms with E-state index < -0.39 is 12.1 Å². The Morgan fingerprint density at radius 1 is 1.21 bits per heavy atom. The molecule has 0 radical (unpaired) electrons. The molecule has 0 aliphatic carbocycles. The number of carbonyl (C=O) groups excluding carboxylic acids is 2. The minimum atomic E-state index is -0.594. The molecular formula is C20H23N3O5. The van der Waals surface area contributed by atoms with Crippen LogP contribution in [0.2, 0.25) is 0 Å². The van der Waals surface area contributed by atoms with Gasteiger partial charge in [-0.2, -0.15) is 5.10 Å². The lowest BCUT2D eigenvalue weighted by molar-refractivity contribution is -0.121. The van der Waals surface area contributed by atoms with Gasteiger partial charge in [0.1, 0.15) is 0 Å². The highest BCUT2D eigenvalue weighted by atomic mass is 16.5. The van der Waals surface area contributed by atoms with Crippen LogP contribution in [-0.4, -0.2) is 37.0 Å². The van der Waals surface area contributed by atoms with Crippen LogP contribution < -0.4 is 15.5 Å². The Kier molecular flexibility index (Phi) is 7.83. The highest BCUT2D eigenvalue weighted by molar-refractivity contribution is 5.83. The first-order chi connectivity index (χ1) is 13.5. The van der Waals surface area contributed by atoms with Crippen molar-refractivity contribution in [2.75, 3.05) is 13.7 Å². The number of alkyl carbamates (subject to hydrolysis) is 1. The van der Waals surface area contributed by atoms with Crippen LogP contribution in [0, 0.1) is 0 Å². The van der Waals surface area contributed by atoms with Crippen molar-refractivity contribution < 1.29 is 24.2 Å². The Balaban J connectivity index is 2.00. The number of nitrogens with one attached hydrogen (secondary N) is 2. The molecule has 28 heavy (non-hydrogen) atoms. The van der Waals surface area contributed by atoms with Crippen molar-refractivity contribution in [1.82, 2.24) is 10.7 Å². The van der Waals surface area contributed by atoms with Crippen LogP contribution in [-0.2, 0) is 9.53 Å². The van der Waals surface area contributed by atoms with Gasteiger partial charge in [-0.05, 0) is 36.2 Å². The van der Waals surface area contributed by atoms with Crippen LogP contribution in [0.15, 0.2) is 53.6 Å². The number of carbonyl (C=O) groups is 2. The van der Waals surface area contributed by atoms with Crippen molar-refractivity contribution in [3.63, 3.8) is 0 Å². The molecule has 0 aliphatic heterocycles. The molecule has 2 aromatic carbocycles. The average Bonchev–Trinajstić information content (AvgIpc) is 2.69. The molecule has 0 saturated heterocycles. The Hall–Kier alpha value is -3.55. The van der Waals surface area contributed by atoms with Gasteiger partial charge in [0, 0.05) is 0 Å². The van der Waals surface area contributed by atoms with Gasteiger partial charge in [0.05, 0.1) is 32.4 Å². The zero-order valence-corrected chi connectivity index (χ0v) is 15.7. The van der Waals surface area contributed by atoms with E-state index in [2.05, 4.69) is 15.8 Å². The van der Waals surface area contributed by atoms with E-state index >= 15 is 0 Å². The third-order valence-electron chi connectivity index (χ3n) is 3.77. The number of methoxy groups -OCH3 is 1. The summed E-state index contributed by atoms with van der Waals surface area (Å²) in [6.07, 6.45) is 0.818. The first kappa shape index (κ1) is 20.8. The van der Waals surface area contributed by atoms with E-state index in [1.165, 1.54) is 19.4 Å². The summed E-state index contributed by atoms with van der Waals surface area (Å²) in [5.74, 6) is -0.0647. The van der Waals surface area contributed by atoms with Crippen LogP contribution in [0.3, 0.4) is 0 Å². The van der Waals surface area contributed by atoms with Crippen LogP contribution >= 0.6 is 0 Å². The zero-order chi connectivity index (χ0) is 20.4. The Bertz CT molecular complexity index is 824. The van der Waals surface area contributed by atoms with Gasteiger partial charge in [-0.25, -0.2) is 10.2 Å². The summed E-state index contributed by atoms with van der Waals surface area (Å²) in [6.45, 7) is 1.94. The molecule has 2 rings (SSSR count). The smallest absolute Gasteiger partial charge is 0.407 e. The van der Waals surface area contributed by atoms with Crippen molar-refractivity contribution in [3.05, 3.63) is 59.7 Å². The van der Waals surface area contributed by atoms with Gasteiger partial charge < -0.3 is 19.9 Å². The average molecular weight is 385 g/mol. The molecule has 148 valence electrons. The molecule has 0 fully saturated rings. The number of benzene rings is 2. The molecule has 0 aromatic heterocycles. The third-order valence-corrected chi connectivity index (χ3v) is 3.77. The van der Waals surface area contributed by atoms with Gasteiger partial charge in [-0.15, -0.1) is 0 Å². The fourth-order valence-electron chi connectivity index (χ4n) is 2.44. The third kappa shape index (κ3) is 6.31. The van der Waals surface area contributed by atoms with Gasteiger partial charge in [0.15, 0.2) is 11.5 Å². The number of hydrogen-bond acceptors (Lipinski definition) is 6. The fourth-order valence-corrected chi connectivity index (χ4v) is 2.44. The first-order valence-electron chi connectivity index (χ1n) is 8.70. The van der Waals surface area contributed by atoms with E-state index in [1.807, 2.05) is 30.3 Å². The lowest BCUT2D eigenvalue weighted by Crippen LogP contribution is -2.33. The summed E-state index contributed by atoms with van der Waals surface area (Å²) >= 11 is 0. The lowest BCUT2D eigenvalue weighted by Gasteiger charge is -2.18. The minimum Gasteiger partial charge on any atom is -0.504 e. The monoisotopic (exact) mass is 385 g/mol. The summed E-state index contributed by atoms with van der Waals surface area (Å²) in [5, 5.41) is 16.2. The van der Waals surface area contributed by atoms with E-state index in [1.54, 1.807) is 19.1 Å². The van der Waals surface area contributed by atoms with Crippen LogP contribution in [0.5, 0.6) is 11.5 Å². The second-order valence-corrected chi connectivity index (χ2v) is 5.76. The molecule has 8 heteroatoms. The Morgan fingerprint density at radius 3 is 2.64 bits per heavy atom. The van der Waals surface area contributed by atoms with Gasteiger partial charge in [-0.1, -0.05) is 30.3 Å². The second-order valence-electron chi connectivity index (χ2n) is 5.76. The normalized spacial score (nSPS) is 11.6. The quantitative estimate of drug-likeness (QED) is 0.478. The van der Waals surface area contributed by atoms with Crippen LogP contribution in [0.25, 0.3) is 0 Å². The zero-order valence-electron chi connectivity index (χ0n) is 15.7. The maximum atomic E-state index is 12.3. The Labute approximate surface area is 163 Å². The second kappa shape index (κ2) is 10.6. The maximum absolute atomic E-state index is 12.3. The highest BCUT2D eigenvalue weighted by Gasteiger charge is 2.18. The maximum Gasteiger partial charge on any atom is 0.407 e. The van der Waals surface area contributed by atoms with Crippen molar-refractivity contribution in [2.24, 2.45) is 5.10 Å². The molecule has 0 unspecified atom stereocenters. The highest BCUT2D eigenvalue weighted by Crippen LogP contribution is 2.25. The predicted octanol–water partition coefficient (Wildman–Crippen LogP) is 2.73. The molecule has 0 bridgehead atoms. The first-order valence-corrected chi connectivity index (χ1v) is 8.70. The molecule has 0 aliphatic rings. The molecule has 0 saturated carbocycles. The largest absolute Gasteiger partial charge is 0.504 e. The topological polar surface area (TPSA) is 109 Å². The van der Waals surface area contributed by atoms with Crippen molar-refractivity contribution in [1.29, 1.82) is 0 Å². The van der Waals surface area contributed by atoms with Crippen molar-refractivity contribution in [2.45, 2.75) is 19.4 Å². The van der Waals surface area contributed by atoms with E-state index in [-0.39, 0.29) is 24.7 Å². The van der Waals surface area contributed by atoms with Crippen molar-refractivity contribution >= 4 is 18.2 Å². The molecule has 3 N–H and O–H groups in total. The number of nitrogens with zero attached hydrogens (tertiary/aromatic N) is 1. The minimum absolute atomic E-state index is 0.0134. The molecule has 1 atom stereocenters. The number of phenols is 1. The number of amides is 2. The Morgan fingerprint density at radius 2 is 1.96 bits per heavy atom. The van der Waals surface area contributed by atoms with Gasteiger partial charge in [0.25, 0.3) is 0 Å². The van der Waals surface area contributed by atoms with Gasteiger partial charge in [0.2, 0.25) is 5.91 Å². The number of rotatable bonds is 8. The van der Waals surface area contributed by atoms with Crippen molar-refractivity contribution in [3.8, 4) is 11.5 Å². The molecule has 0 spiro atoms. The molecule has 2 aromatic rings. The summed E-state index contributed by atoms with van der Waals surface area (Å²) in [7, 11) is 1.44. The number of phenolic OH excluding ortho intramolecular Hbond substituents is 1. The predicted molar refractivity (Wildman–Crippen MR) is 104 cm³/mol. The fraction of sp³-hybridized carbons (Fsp3) is 0.250. The lowest BCUT2D eigenvalue weighted by atomic mass is 10.0. The summed E-state index contributed by atoms with van der Waals surface area (Å²) in [6, 6.07) is 13.3. The number of hydrazone groups is 1. The van der Waals surface area contributed by atoms with E-state index in [4.69, 9.17) is 9.47 Å². The number of aromatic hydroxyl groups is 1. The SMILES string of the molecule is CCOC(=O)N[C@H](CC(=O)N/N=C\c1ccc(O)c(OC)c1)c1ccccc1. The summed E-state index contributed by atoms with van der Waals surface area (Å²) < 4.78 is 9.92. The standard InChI is InChI=1S/C20H23N3O5/c1-3-28-20(26)22-16(15-7-5-4-6-8-15)12-19(25)23-21-13-14-9-10-17(24)18(11-14)27-2/h4-11,13,16,24H,3,12H2,1-2H3,(H,22,26)(H,23,25)/b21-13-/t16-/m1/s1.